The lowest BCUT2D eigenvalue weighted by atomic mass is 10.0. The second-order valence-corrected chi connectivity index (χ2v) is 4.08. The largest absolute Gasteiger partial charge is 0.478 e. The van der Waals surface area contributed by atoms with Crippen LogP contribution in [-0.4, -0.2) is 28.2 Å². The fourth-order valence-electron chi connectivity index (χ4n) is 1.58. The SMILES string of the molecule is CC(N)Cc1ccc(/C(=C\C(=O)O)C(=O)O)cc1. The van der Waals surface area contributed by atoms with Crippen LogP contribution >= 0.6 is 0 Å². The van der Waals surface area contributed by atoms with Crippen LogP contribution in [0.4, 0.5) is 0 Å². The molecule has 0 fully saturated rings. The van der Waals surface area contributed by atoms with Gasteiger partial charge in [0.15, 0.2) is 0 Å². The highest BCUT2D eigenvalue weighted by Gasteiger charge is 2.12. The van der Waals surface area contributed by atoms with Crippen LogP contribution in [0.25, 0.3) is 5.57 Å². The Labute approximate surface area is 105 Å². The molecule has 1 atom stereocenters. The monoisotopic (exact) mass is 249 g/mol. The fourth-order valence-corrected chi connectivity index (χ4v) is 1.58. The lowest BCUT2D eigenvalue weighted by molar-refractivity contribution is -0.133. The van der Waals surface area contributed by atoms with Crippen molar-refractivity contribution in [3.8, 4) is 0 Å². The van der Waals surface area contributed by atoms with Crippen molar-refractivity contribution in [2.45, 2.75) is 19.4 Å². The van der Waals surface area contributed by atoms with Gasteiger partial charge in [-0.05, 0) is 24.5 Å². The van der Waals surface area contributed by atoms with Gasteiger partial charge in [0.05, 0.1) is 5.57 Å². The zero-order valence-electron chi connectivity index (χ0n) is 9.96. The molecule has 0 spiro atoms. The van der Waals surface area contributed by atoms with Gasteiger partial charge in [0, 0.05) is 12.1 Å². The molecular weight excluding hydrogens is 234 g/mol. The topological polar surface area (TPSA) is 101 Å². The summed E-state index contributed by atoms with van der Waals surface area (Å²) in [6.07, 6.45) is 1.37. The van der Waals surface area contributed by atoms with Gasteiger partial charge in [0.1, 0.15) is 0 Å². The second kappa shape index (κ2) is 5.97. The summed E-state index contributed by atoms with van der Waals surface area (Å²) in [4.78, 5) is 21.5. The van der Waals surface area contributed by atoms with Gasteiger partial charge in [-0.15, -0.1) is 0 Å². The van der Waals surface area contributed by atoms with E-state index in [1.54, 1.807) is 24.3 Å². The number of carboxylic acids is 2. The van der Waals surface area contributed by atoms with Crippen LogP contribution in [0.3, 0.4) is 0 Å². The number of rotatable bonds is 5. The van der Waals surface area contributed by atoms with E-state index in [0.29, 0.717) is 18.1 Å². The van der Waals surface area contributed by atoms with E-state index in [0.717, 1.165) is 5.56 Å². The summed E-state index contributed by atoms with van der Waals surface area (Å²) < 4.78 is 0. The summed E-state index contributed by atoms with van der Waals surface area (Å²) in [6, 6.07) is 6.68. The first kappa shape index (κ1) is 13.9. The molecule has 0 radical (unpaired) electrons. The van der Waals surface area contributed by atoms with E-state index in [1.807, 2.05) is 6.92 Å². The van der Waals surface area contributed by atoms with Crippen molar-refractivity contribution in [2.24, 2.45) is 5.73 Å². The molecular formula is C13H15NO4. The maximum absolute atomic E-state index is 10.9. The first-order valence-electron chi connectivity index (χ1n) is 5.43. The summed E-state index contributed by atoms with van der Waals surface area (Å²) in [5.41, 5.74) is 6.75. The van der Waals surface area contributed by atoms with Crippen molar-refractivity contribution < 1.29 is 19.8 Å². The quantitative estimate of drug-likeness (QED) is 0.679. The first-order valence-corrected chi connectivity index (χ1v) is 5.43. The average molecular weight is 249 g/mol. The van der Waals surface area contributed by atoms with Crippen molar-refractivity contribution in [3.63, 3.8) is 0 Å². The molecule has 5 heteroatoms. The van der Waals surface area contributed by atoms with Gasteiger partial charge in [-0.3, -0.25) is 0 Å². The van der Waals surface area contributed by atoms with E-state index in [2.05, 4.69) is 0 Å². The van der Waals surface area contributed by atoms with Gasteiger partial charge in [-0.1, -0.05) is 24.3 Å². The molecule has 4 N–H and O–H groups in total. The van der Waals surface area contributed by atoms with Gasteiger partial charge < -0.3 is 15.9 Å². The third kappa shape index (κ3) is 4.03. The molecule has 5 nitrogen and oxygen atoms in total. The van der Waals surface area contributed by atoms with Crippen LogP contribution in [0, 0.1) is 0 Å². The van der Waals surface area contributed by atoms with Crippen LogP contribution in [0.2, 0.25) is 0 Å². The predicted molar refractivity (Wildman–Crippen MR) is 67.0 cm³/mol. The van der Waals surface area contributed by atoms with Crippen molar-refractivity contribution in [1.82, 2.24) is 0 Å². The third-order valence-electron chi connectivity index (χ3n) is 2.32. The molecule has 0 aliphatic heterocycles. The number of carboxylic acid groups (broad SMARTS) is 2. The lowest BCUT2D eigenvalue weighted by Gasteiger charge is -2.07. The lowest BCUT2D eigenvalue weighted by Crippen LogP contribution is -2.17. The van der Waals surface area contributed by atoms with Gasteiger partial charge in [-0.25, -0.2) is 9.59 Å². The number of aliphatic carboxylic acids is 2. The van der Waals surface area contributed by atoms with Crippen LogP contribution in [0.15, 0.2) is 30.3 Å². The Balaban J connectivity index is 3.02. The van der Waals surface area contributed by atoms with E-state index in [1.165, 1.54) is 0 Å². The van der Waals surface area contributed by atoms with Crippen molar-refractivity contribution >= 4 is 17.5 Å². The Morgan fingerprint density at radius 3 is 2.22 bits per heavy atom. The number of nitrogens with two attached hydrogens (primary N) is 1. The maximum atomic E-state index is 10.9. The highest BCUT2D eigenvalue weighted by Crippen LogP contribution is 2.16. The number of hydrogen-bond donors (Lipinski definition) is 3. The van der Waals surface area contributed by atoms with Crippen molar-refractivity contribution in [2.75, 3.05) is 0 Å². The van der Waals surface area contributed by atoms with Gasteiger partial charge in [-0.2, -0.15) is 0 Å². The molecule has 1 rings (SSSR count). The van der Waals surface area contributed by atoms with Crippen LogP contribution in [-0.2, 0) is 16.0 Å². The Bertz CT molecular complexity index is 474. The van der Waals surface area contributed by atoms with E-state index >= 15 is 0 Å². The van der Waals surface area contributed by atoms with E-state index < -0.39 is 11.9 Å². The van der Waals surface area contributed by atoms with Gasteiger partial charge in [0.25, 0.3) is 0 Å². The molecule has 1 unspecified atom stereocenters. The third-order valence-corrected chi connectivity index (χ3v) is 2.32. The standard InChI is InChI=1S/C13H15NO4/c1-8(14)6-9-2-4-10(5-3-9)11(13(17)18)7-12(15)16/h2-5,7-8H,6,14H2,1H3,(H,15,16)(H,17,18)/b11-7+. The number of benzene rings is 1. The Hall–Kier alpha value is -2.14. The molecule has 96 valence electrons. The zero-order chi connectivity index (χ0) is 13.7. The molecule has 0 amide bonds. The molecule has 0 aromatic heterocycles. The minimum absolute atomic E-state index is 0.0179. The van der Waals surface area contributed by atoms with Crippen LogP contribution < -0.4 is 5.73 Å². The molecule has 1 aromatic rings. The fraction of sp³-hybridized carbons (Fsp3) is 0.231. The first-order chi connectivity index (χ1) is 8.40. The number of carbonyl (C=O) groups is 2. The second-order valence-electron chi connectivity index (χ2n) is 4.08. The predicted octanol–water partition coefficient (Wildman–Crippen LogP) is 1.13. The summed E-state index contributed by atoms with van der Waals surface area (Å²) in [5, 5.41) is 17.6. The smallest absolute Gasteiger partial charge is 0.336 e. The summed E-state index contributed by atoms with van der Waals surface area (Å²) in [6.45, 7) is 1.88. The van der Waals surface area contributed by atoms with E-state index in [-0.39, 0.29) is 11.6 Å². The van der Waals surface area contributed by atoms with Gasteiger partial charge >= 0.3 is 11.9 Å². The Morgan fingerprint density at radius 2 is 1.83 bits per heavy atom. The summed E-state index contributed by atoms with van der Waals surface area (Å²) >= 11 is 0. The van der Waals surface area contributed by atoms with E-state index in [4.69, 9.17) is 15.9 Å². The maximum Gasteiger partial charge on any atom is 0.336 e. The summed E-state index contributed by atoms with van der Waals surface area (Å²) in [5.74, 6) is -2.55. The molecule has 0 aliphatic rings. The zero-order valence-corrected chi connectivity index (χ0v) is 9.96. The summed E-state index contributed by atoms with van der Waals surface area (Å²) in [7, 11) is 0. The molecule has 0 heterocycles. The highest BCUT2D eigenvalue weighted by molar-refractivity contribution is 6.19. The van der Waals surface area contributed by atoms with Crippen molar-refractivity contribution in [3.05, 3.63) is 41.5 Å². The molecule has 18 heavy (non-hydrogen) atoms. The van der Waals surface area contributed by atoms with Gasteiger partial charge in [0.2, 0.25) is 0 Å². The van der Waals surface area contributed by atoms with E-state index in [9.17, 15) is 9.59 Å². The molecule has 1 aromatic carbocycles. The van der Waals surface area contributed by atoms with Crippen LogP contribution in [0.1, 0.15) is 18.1 Å². The molecule has 0 aliphatic carbocycles. The Kier molecular flexibility index (Phi) is 4.62. The molecule has 0 saturated carbocycles. The molecule has 0 saturated heterocycles. The molecule has 0 bridgehead atoms. The Morgan fingerprint density at radius 1 is 1.28 bits per heavy atom. The van der Waals surface area contributed by atoms with Crippen molar-refractivity contribution in [1.29, 1.82) is 0 Å². The average Bonchev–Trinajstić information content (AvgIpc) is 2.26. The minimum Gasteiger partial charge on any atom is -0.478 e. The normalized spacial score (nSPS) is 13.1. The minimum atomic E-state index is -1.29. The van der Waals surface area contributed by atoms with Crippen LogP contribution in [0.5, 0.6) is 0 Å². The number of hydrogen-bond acceptors (Lipinski definition) is 3. The highest BCUT2D eigenvalue weighted by atomic mass is 16.4.